The lowest BCUT2D eigenvalue weighted by Gasteiger charge is -2.19. The Morgan fingerprint density at radius 2 is 2.33 bits per heavy atom. The molecular formula is C11H14F2N2O2S. The van der Waals surface area contributed by atoms with Gasteiger partial charge < -0.3 is 10.1 Å². The Bertz CT molecular complexity index is 390. The fourth-order valence-electron chi connectivity index (χ4n) is 1.80. The van der Waals surface area contributed by atoms with E-state index >= 15 is 0 Å². The first-order valence-corrected chi connectivity index (χ1v) is 6.65. The lowest BCUT2D eigenvalue weighted by Crippen LogP contribution is -2.43. The number of rotatable bonds is 3. The van der Waals surface area contributed by atoms with E-state index in [2.05, 4.69) is 10.3 Å². The van der Waals surface area contributed by atoms with Crippen LogP contribution in [0.15, 0.2) is 11.6 Å². The molecule has 1 aliphatic heterocycles. The number of hydrogen-bond donors (Lipinski definition) is 1. The standard InChI is InChI=1S/C11H14F2N2O2S/c12-11(13,10-14-4-7-18-10)9(16)15-8-2-1-5-17-6-3-8/h4,7-8H,1-3,5-6H2,(H,15,16). The van der Waals surface area contributed by atoms with Crippen molar-refractivity contribution in [1.82, 2.24) is 10.3 Å². The van der Waals surface area contributed by atoms with Crippen molar-refractivity contribution in [3.8, 4) is 0 Å². The molecule has 7 heteroatoms. The molecule has 0 saturated carbocycles. The van der Waals surface area contributed by atoms with E-state index in [4.69, 9.17) is 4.74 Å². The third-order valence-corrected chi connectivity index (χ3v) is 3.62. The summed E-state index contributed by atoms with van der Waals surface area (Å²) in [4.78, 5) is 15.1. The Labute approximate surface area is 107 Å². The molecule has 0 radical (unpaired) electrons. The van der Waals surface area contributed by atoms with E-state index in [9.17, 15) is 13.6 Å². The van der Waals surface area contributed by atoms with Gasteiger partial charge >= 0.3 is 5.92 Å². The van der Waals surface area contributed by atoms with Crippen molar-refractivity contribution < 1.29 is 18.3 Å². The Hall–Kier alpha value is -1.08. The summed E-state index contributed by atoms with van der Waals surface area (Å²) in [7, 11) is 0. The minimum Gasteiger partial charge on any atom is -0.381 e. The van der Waals surface area contributed by atoms with Crippen LogP contribution in [0, 0.1) is 0 Å². The molecule has 1 unspecified atom stereocenters. The van der Waals surface area contributed by atoms with Crippen LogP contribution in [-0.4, -0.2) is 30.1 Å². The Balaban J connectivity index is 1.98. The van der Waals surface area contributed by atoms with Crippen molar-refractivity contribution in [2.75, 3.05) is 13.2 Å². The maximum absolute atomic E-state index is 13.7. The number of nitrogens with one attached hydrogen (secondary N) is 1. The molecule has 1 fully saturated rings. The van der Waals surface area contributed by atoms with E-state index in [1.165, 1.54) is 11.6 Å². The number of hydrogen-bond acceptors (Lipinski definition) is 4. The zero-order chi connectivity index (χ0) is 13.0. The smallest absolute Gasteiger partial charge is 0.375 e. The van der Waals surface area contributed by atoms with Crippen LogP contribution < -0.4 is 5.32 Å². The van der Waals surface area contributed by atoms with Gasteiger partial charge in [-0.05, 0) is 19.3 Å². The number of carbonyl (C=O) groups excluding carboxylic acids is 1. The molecule has 0 aromatic carbocycles. The van der Waals surface area contributed by atoms with Gasteiger partial charge in [-0.1, -0.05) is 0 Å². The van der Waals surface area contributed by atoms with E-state index in [1.54, 1.807) is 0 Å². The first kappa shape index (κ1) is 13.4. The number of carbonyl (C=O) groups is 1. The fraction of sp³-hybridized carbons (Fsp3) is 0.636. The largest absolute Gasteiger partial charge is 0.381 e. The Morgan fingerprint density at radius 3 is 3.06 bits per heavy atom. The molecule has 4 nitrogen and oxygen atoms in total. The highest BCUT2D eigenvalue weighted by Crippen LogP contribution is 2.30. The van der Waals surface area contributed by atoms with Gasteiger partial charge in [0.2, 0.25) is 0 Å². The lowest BCUT2D eigenvalue weighted by atomic mass is 10.1. The highest BCUT2D eigenvalue weighted by atomic mass is 32.1. The SMILES string of the molecule is O=C(NC1CCCOCC1)C(F)(F)c1nccs1. The number of nitrogens with zero attached hydrogens (tertiary/aromatic N) is 1. The summed E-state index contributed by atoms with van der Waals surface area (Å²) in [6, 6.07) is -0.245. The van der Waals surface area contributed by atoms with Gasteiger partial charge in [-0.15, -0.1) is 11.3 Å². The summed E-state index contributed by atoms with van der Waals surface area (Å²) in [5.41, 5.74) is 0. The van der Waals surface area contributed by atoms with E-state index in [-0.39, 0.29) is 6.04 Å². The number of thiazole rings is 1. The number of ether oxygens (including phenoxy) is 1. The molecular weight excluding hydrogens is 262 g/mol. The van der Waals surface area contributed by atoms with Gasteiger partial charge in [0.15, 0.2) is 5.01 Å². The average molecular weight is 276 g/mol. The Kier molecular flexibility index (Phi) is 4.23. The second-order valence-corrected chi connectivity index (χ2v) is 5.02. The summed E-state index contributed by atoms with van der Waals surface area (Å²) in [5.74, 6) is -4.83. The fourth-order valence-corrected chi connectivity index (χ4v) is 2.41. The molecule has 0 spiro atoms. The van der Waals surface area contributed by atoms with Crippen molar-refractivity contribution in [3.63, 3.8) is 0 Å². The second-order valence-electron chi connectivity index (χ2n) is 4.13. The zero-order valence-electron chi connectivity index (χ0n) is 9.70. The van der Waals surface area contributed by atoms with Crippen molar-refractivity contribution in [3.05, 3.63) is 16.6 Å². The van der Waals surface area contributed by atoms with Gasteiger partial charge in [-0.3, -0.25) is 4.79 Å². The van der Waals surface area contributed by atoms with Crippen LogP contribution in [0.25, 0.3) is 0 Å². The number of amides is 1. The number of halogens is 2. The molecule has 1 N–H and O–H groups in total. The molecule has 1 saturated heterocycles. The monoisotopic (exact) mass is 276 g/mol. The van der Waals surface area contributed by atoms with Gasteiger partial charge in [0.05, 0.1) is 0 Å². The molecule has 1 aromatic heterocycles. The van der Waals surface area contributed by atoms with Gasteiger partial charge in [0.1, 0.15) is 0 Å². The van der Waals surface area contributed by atoms with E-state index < -0.39 is 16.8 Å². The summed E-state index contributed by atoms with van der Waals surface area (Å²) < 4.78 is 32.7. The van der Waals surface area contributed by atoms with E-state index in [0.29, 0.717) is 26.1 Å². The topological polar surface area (TPSA) is 51.2 Å². The highest BCUT2D eigenvalue weighted by Gasteiger charge is 2.44. The molecule has 2 rings (SSSR count). The third kappa shape index (κ3) is 3.02. The molecule has 100 valence electrons. The molecule has 1 atom stereocenters. The maximum Gasteiger partial charge on any atom is 0.375 e. The molecule has 1 amide bonds. The molecule has 1 aliphatic rings. The van der Waals surface area contributed by atoms with Crippen molar-refractivity contribution in [1.29, 1.82) is 0 Å². The minimum atomic E-state index is -3.55. The summed E-state index contributed by atoms with van der Waals surface area (Å²) >= 11 is 0.778. The van der Waals surface area contributed by atoms with Crippen molar-refractivity contribution >= 4 is 17.2 Å². The zero-order valence-corrected chi connectivity index (χ0v) is 10.5. The quantitative estimate of drug-likeness (QED) is 0.917. The normalized spacial score (nSPS) is 21.3. The second kappa shape index (κ2) is 5.71. The van der Waals surface area contributed by atoms with E-state index in [1.807, 2.05) is 0 Å². The van der Waals surface area contributed by atoms with Crippen LogP contribution in [0.2, 0.25) is 0 Å². The number of alkyl halides is 2. The van der Waals surface area contributed by atoms with Crippen LogP contribution in [-0.2, 0) is 15.5 Å². The summed E-state index contributed by atoms with van der Waals surface area (Å²) in [6.45, 7) is 1.11. The van der Waals surface area contributed by atoms with Gasteiger partial charge in [-0.2, -0.15) is 8.78 Å². The molecule has 0 aliphatic carbocycles. The first-order chi connectivity index (χ1) is 8.60. The van der Waals surface area contributed by atoms with Gasteiger partial charge in [0.25, 0.3) is 5.91 Å². The van der Waals surface area contributed by atoms with Crippen LogP contribution >= 0.6 is 11.3 Å². The van der Waals surface area contributed by atoms with Crippen LogP contribution in [0.4, 0.5) is 8.78 Å². The average Bonchev–Trinajstić information content (AvgIpc) is 2.77. The van der Waals surface area contributed by atoms with Crippen molar-refractivity contribution in [2.24, 2.45) is 0 Å². The lowest BCUT2D eigenvalue weighted by molar-refractivity contribution is -0.147. The molecule has 0 bridgehead atoms. The van der Waals surface area contributed by atoms with E-state index in [0.717, 1.165) is 17.8 Å². The predicted molar refractivity (Wildman–Crippen MR) is 62.6 cm³/mol. The third-order valence-electron chi connectivity index (χ3n) is 2.77. The van der Waals surface area contributed by atoms with Crippen LogP contribution in [0.5, 0.6) is 0 Å². The predicted octanol–water partition coefficient (Wildman–Crippen LogP) is 1.92. The molecule has 2 heterocycles. The van der Waals surface area contributed by atoms with Crippen LogP contribution in [0.3, 0.4) is 0 Å². The van der Waals surface area contributed by atoms with Crippen molar-refractivity contribution in [2.45, 2.75) is 31.2 Å². The summed E-state index contributed by atoms with van der Waals surface area (Å²) in [6.07, 6.45) is 3.27. The molecule has 18 heavy (non-hydrogen) atoms. The Morgan fingerprint density at radius 1 is 1.50 bits per heavy atom. The van der Waals surface area contributed by atoms with Gasteiger partial charge in [0, 0.05) is 30.8 Å². The first-order valence-electron chi connectivity index (χ1n) is 5.77. The highest BCUT2D eigenvalue weighted by molar-refractivity contribution is 7.09. The number of aromatic nitrogens is 1. The minimum absolute atomic E-state index is 0.245. The van der Waals surface area contributed by atoms with Gasteiger partial charge in [-0.25, -0.2) is 4.98 Å². The molecule has 1 aromatic rings. The van der Waals surface area contributed by atoms with Crippen LogP contribution in [0.1, 0.15) is 24.3 Å². The maximum atomic E-state index is 13.7. The summed E-state index contributed by atoms with van der Waals surface area (Å²) in [5, 5.41) is 3.34.